The third kappa shape index (κ3) is 8.82. The fraction of sp³-hybridized carbons (Fsp3) is 0.571. The number of hydrogen-bond acceptors (Lipinski definition) is 1. The number of benzene rings is 1. The molecule has 0 spiro atoms. The molecule has 1 aliphatic rings. The van der Waals surface area contributed by atoms with Crippen molar-refractivity contribution in [3.63, 3.8) is 0 Å². The molecule has 96 valence electrons. The zero-order valence-electron chi connectivity index (χ0n) is 12.5. The summed E-state index contributed by atoms with van der Waals surface area (Å²) in [5.41, 5.74) is 2.42. The summed E-state index contributed by atoms with van der Waals surface area (Å²) in [6.45, 7) is 10.8. The summed E-state index contributed by atoms with van der Waals surface area (Å²) in [4.78, 5) is 4.67. The molecule has 0 unspecified atom stereocenters. The summed E-state index contributed by atoms with van der Waals surface area (Å²) < 4.78 is 4.94. The van der Waals surface area contributed by atoms with Crippen molar-refractivity contribution in [2.75, 3.05) is 13.2 Å². The summed E-state index contributed by atoms with van der Waals surface area (Å²) in [6.07, 6.45) is 2.56. The molecule has 1 fully saturated rings. The molecule has 1 heterocycles. The van der Waals surface area contributed by atoms with E-state index in [4.69, 9.17) is 4.74 Å². The molecule has 1 aliphatic heterocycles. The zero-order chi connectivity index (χ0) is 12.7. The van der Waals surface area contributed by atoms with Gasteiger partial charge in [0.1, 0.15) is 0 Å². The van der Waals surface area contributed by atoms with Crippen molar-refractivity contribution in [2.45, 2.75) is 39.4 Å². The van der Waals surface area contributed by atoms with E-state index in [2.05, 4.69) is 55.8 Å². The van der Waals surface area contributed by atoms with Gasteiger partial charge >= 0.3 is 18.9 Å². The molecule has 1 saturated heterocycles. The van der Waals surface area contributed by atoms with Gasteiger partial charge in [-0.3, -0.25) is 0 Å². The first kappa shape index (κ1) is 17.8. The molecule has 0 N–H and O–H groups in total. The molecule has 0 atom stereocenters. The van der Waals surface area contributed by atoms with Crippen LogP contribution in [0.4, 0.5) is 5.69 Å². The number of nitrogens with zero attached hydrogens (tertiary/aromatic N) is 1. The summed E-state index contributed by atoms with van der Waals surface area (Å²) in [6, 6.07) is 8.40. The Labute approximate surface area is 125 Å². The third-order valence-electron chi connectivity index (χ3n) is 2.33. The summed E-state index contributed by atoms with van der Waals surface area (Å²) in [5, 5.41) is 0. The van der Waals surface area contributed by atoms with Crippen LogP contribution in [0.15, 0.2) is 24.3 Å². The van der Waals surface area contributed by atoms with Crippen LogP contribution in [0, 0.1) is 6.92 Å². The Hall–Kier alpha value is -0.206. The van der Waals surface area contributed by atoms with Gasteiger partial charge in [-0.25, -0.2) is 0 Å². The average molecular weight is 257 g/mol. The minimum atomic E-state index is -1.29. The molecule has 0 aromatic heterocycles. The molecular weight excluding hydrogens is 233 g/mol. The van der Waals surface area contributed by atoms with E-state index in [1.54, 1.807) is 0 Å². The van der Waals surface area contributed by atoms with Crippen LogP contribution in [0.25, 0.3) is 4.98 Å². The smallest absolute Gasteiger partial charge is 0.687 e. The second-order valence-electron chi connectivity index (χ2n) is 5.44. The maximum atomic E-state index is 4.94. The third-order valence-corrected chi connectivity index (χ3v) is 3.25. The number of ether oxygens (including phenoxy) is 1. The van der Waals surface area contributed by atoms with Crippen molar-refractivity contribution < 1.29 is 23.6 Å². The number of rotatable bonds is 2. The maximum Gasteiger partial charge on any atom is 1.00 e. The van der Waals surface area contributed by atoms with Gasteiger partial charge in [0.25, 0.3) is 0 Å². The normalized spacial score (nSPS) is 14.2. The van der Waals surface area contributed by atoms with E-state index in [1.165, 1.54) is 18.4 Å². The molecule has 0 aliphatic carbocycles. The Balaban J connectivity index is 0.000000405. The van der Waals surface area contributed by atoms with Crippen molar-refractivity contribution in [1.82, 2.24) is 0 Å². The summed E-state index contributed by atoms with van der Waals surface area (Å²) in [7, 11) is -1.29. The summed E-state index contributed by atoms with van der Waals surface area (Å²) in [5.74, 6) is 0. The van der Waals surface area contributed by atoms with E-state index >= 15 is 0 Å². The Kier molecular flexibility index (Phi) is 8.72. The Morgan fingerprint density at radius 3 is 1.83 bits per heavy atom. The fourth-order valence-corrected chi connectivity index (χ4v) is 2.44. The first-order valence-corrected chi connectivity index (χ1v) is 9.79. The van der Waals surface area contributed by atoms with Crippen molar-refractivity contribution >= 4 is 13.9 Å². The fourth-order valence-electron chi connectivity index (χ4n) is 1.52. The molecule has 0 amide bonds. The minimum absolute atomic E-state index is 0. The molecule has 1 aromatic carbocycles. The second kappa shape index (κ2) is 8.82. The molecule has 2 rings (SSSR count). The first-order chi connectivity index (χ1) is 7.97. The quantitative estimate of drug-likeness (QED) is 0.739. The van der Waals surface area contributed by atoms with Gasteiger partial charge in [0.2, 0.25) is 0 Å². The van der Waals surface area contributed by atoms with E-state index in [0.717, 1.165) is 18.9 Å². The monoisotopic (exact) mass is 257 g/mol. The SMILES string of the molecule is C1CCOC1.Cc1ccc([N-][Si](C)(C)C)cc1.[Li+]. The number of aryl methyl sites for hydroxylation is 1. The molecule has 0 bridgehead atoms. The average Bonchev–Trinajstić information content (AvgIpc) is 2.78. The summed E-state index contributed by atoms with van der Waals surface area (Å²) >= 11 is 0. The van der Waals surface area contributed by atoms with Gasteiger partial charge in [-0.05, 0) is 28.0 Å². The van der Waals surface area contributed by atoms with Gasteiger partial charge in [-0.1, -0.05) is 49.5 Å². The van der Waals surface area contributed by atoms with E-state index in [-0.39, 0.29) is 18.9 Å². The number of hydrogen-bond donors (Lipinski definition) is 0. The van der Waals surface area contributed by atoms with Crippen molar-refractivity contribution in [3.8, 4) is 0 Å². The van der Waals surface area contributed by atoms with Gasteiger partial charge in [-0.2, -0.15) is 0 Å². The largest absolute Gasteiger partial charge is 1.00 e. The van der Waals surface area contributed by atoms with Crippen LogP contribution in [0.5, 0.6) is 0 Å². The van der Waals surface area contributed by atoms with Gasteiger partial charge < -0.3 is 9.72 Å². The molecule has 0 saturated carbocycles. The Morgan fingerprint density at radius 2 is 1.50 bits per heavy atom. The van der Waals surface area contributed by atoms with E-state index in [0.29, 0.717) is 0 Å². The minimum Gasteiger partial charge on any atom is -0.687 e. The first-order valence-electron chi connectivity index (χ1n) is 6.35. The van der Waals surface area contributed by atoms with Gasteiger partial charge in [-0.15, -0.1) is 5.69 Å². The van der Waals surface area contributed by atoms with E-state index < -0.39 is 8.24 Å². The van der Waals surface area contributed by atoms with Crippen LogP contribution in [-0.4, -0.2) is 21.4 Å². The Morgan fingerprint density at radius 1 is 1.00 bits per heavy atom. The molecule has 0 radical (unpaired) electrons. The van der Waals surface area contributed by atoms with Crippen LogP contribution >= 0.6 is 0 Å². The standard InChI is InChI=1S/C10H16NSi.C4H8O.Li/c1-9-5-7-10(8-6-9)11-12(2,3)4;1-2-4-5-3-1;/h5-8H,1-4H3;1-4H2;/q-1;;+1. The van der Waals surface area contributed by atoms with Crippen molar-refractivity contribution in [3.05, 3.63) is 34.8 Å². The maximum absolute atomic E-state index is 4.94. The Bertz CT molecular complexity index is 310. The molecular formula is C14H24LiNOSi. The van der Waals surface area contributed by atoms with E-state index in [1.807, 2.05) is 0 Å². The van der Waals surface area contributed by atoms with Crippen LogP contribution in [-0.2, 0) is 4.74 Å². The molecule has 2 nitrogen and oxygen atoms in total. The predicted octanol–water partition coefficient (Wildman–Crippen LogP) is 1.64. The van der Waals surface area contributed by atoms with Crippen LogP contribution in [0.1, 0.15) is 18.4 Å². The predicted molar refractivity (Wildman–Crippen MR) is 77.6 cm³/mol. The molecule has 1 aromatic rings. The van der Waals surface area contributed by atoms with Crippen LogP contribution in [0.3, 0.4) is 0 Å². The van der Waals surface area contributed by atoms with Crippen molar-refractivity contribution in [1.29, 1.82) is 0 Å². The topological polar surface area (TPSA) is 23.3 Å². The van der Waals surface area contributed by atoms with Gasteiger partial charge in [0.15, 0.2) is 0 Å². The van der Waals surface area contributed by atoms with Crippen LogP contribution < -0.4 is 18.9 Å². The zero-order valence-corrected chi connectivity index (χ0v) is 13.5. The van der Waals surface area contributed by atoms with Gasteiger partial charge in [0.05, 0.1) is 0 Å². The van der Waals surface area contributed by atoms with E-state index in [9.17, 15) is 0 Å². The molecule has 4 heteroatoms. The molecule has 18 heavy (non-hydrogen) atoms. The van der Waals surface area contributed by atoms with Gasteiger partial charge in [0, 0.05) is 13.2 Å². The van der Waals surface area contributed by atoms with Crippen molar-refractivity contribution in [2.24, 2.45) is 0 Å². The van der Waals surface area contributed by atoms with Crippen LogP contribution in [0.2, 0.25) is 19.6 Å². The second-order valence-corrected chi connectivity index (χ2v) is 10.0.